The number of hydrogen-bond acceptors (Lipinski definition) is 5. The number of aryl methyl sites for hydroxylation is 1. The monoisotopic (exact) mass is 425 g/mol. The molecular weight excluding hydrogens is 398 g/mol. The standard InChI is InChI=1S/C26H27N5O/c1-32-21-4-2-3-19(15-21)23-24(18-6-11-27-12-7-18)30-31-22-5-8-26(9-13-28-14-10-26)16-20(22)17-29-25(23)31/h2-4,6-7,11-12,15,17,28H,5,8-10,13-14,16H2,1H3. The molecule has 0 unspecified atom stereocenters. The van der Waals surface area contributed by atoms with Gasteiger partial charge in [-0.15, -0.1) is 0 Å². The fraction of sp³-hybridized carbons (Fsp3) is 0.346. The Bertz CT molecular complexity index is 1270. The Labute approximate surface area is 187 Å². The molecule has 6 nitrogen and oxygen atoms in total. The molecule has 0 radical (unpaired) electrons. The zero-order valence-electron chi connectivity index (χ0n) is 18.3. The highest BCUT2D eigenvalue weighted by Crippen LogP contribution is 2.43. The summed E-state index contributed by atoms with van der Waals surface area (Å²) in [6.45, 7) is 2.25. The summed E-state index contributed by atoms with van der Waals surface area (Å²) in [5.41, 5.74) is 8.07. The van der Waals surface area contributed by atoms with Gasteiger partial charge < -0.3 is 10.1 Å². The lowest BCUT2D eigenvalue weighted by molar-refractivity contribution is 0.171. The number of methoxy groups -OCH3 is 1. The molecule has 1 N–H and O–H groups in total. The predicted molar refractivity (Wildman–Crippen MR) is 125 cm³/mol. The van der Waals surface area contributed by atoms with Crippen molar-refractivity contribution in [3.8, 4) is 28.1 Å². The maximum atomic E-state index is 5.50. The van der Waals surface area contributed by atoms with Crippen molar-refractivity contribution in [2.75, 3.05) is 20.2 Å². The van der Waals surface area contributed by atoms with E-state index >= 15 is 0 Å². The third-order valence-electron chi connectivity index (χ3n) is 7.26. The zero-order valence-corrected chi connectivity index (χ0v) is 18.3. The van der Waals surface area contributed by atoms with E-state index in [-0.39, 0.29) is 0 Å². The predicted octanol–water partition coefficient (Wildman–Crippen LogP) is 4.33. The quantitative estimate of drug-likeness (QED) is 0.529. The van der Waals surface area contributed by atoms with Crippen LogP contribution in [0.3, 0.4) is 0 Å². The fourth-order valence-corrected chi connectivity index (χ4v) is 5.50. The summed E-state index contributed by atoms with van der Waals surface area (Å²) in [7, 11) is 1.70. The average molecular weight is 426 g/mol. The molecule has 3 aromatic heterocycles. The van der Waals surface area contributed by atoms with Gasteiger partial charge >= 0.3 is 0 Å². The molecule has 1 aliphatic heterocycles. The second kappa shape index (κ2) is 7.71. The topological polar surface area (TPSA) is 64.3 Å². The Morgan fingerprint density at radius 2 is 1.88 bits per heavy atom. The Hall–Kier alpha value is -3.25. The molecule has 6 heteroatoms. The second-order valence-electron chi connectivity index (χ2n) is 9.08. The van der Waals surface area contributed by atoms with Crippen molar-refractivity contribution < 1.29 is 4.74 Å². The molecule has 1 spiro atoms. The molecule has 1 aromatic carbocycles. The number of fused-ring (bicyclic) bond motifs is 3. The number of hydrogen-bond donors (Lipinski definition) is 1. The van der Waals surface area contributed by atoms with E-state index in [9.17, 15) is 0 Å². The smallest absolute Gasteiger partial charge is 0.163 e. The molecule has 0 bridgehead atoms. The summed E-state index contributed by atoms with van der Waals surface area (Å²) in [4.78, 5) is 9.18. The number of nitrogens with one attached hydrogen (secondary N) is 1. The van der Waals surface area contributed by atoms with Crippen LogP contribution in [-0.4, -0.2) is 39.8 Å². The van der Waals surface area contributed by atoms with Gasteiger partial charge in [-0.1, -0.05) is 12.1 Å². The minimum absolute atomic E-state index is 0.421. The number of aromatic nitrogens is 4. The molecule has 6 rings (SSSR count). The zero-order chi connectivity index (χ0) is 21.5. The van der Waals surface area contributed by atoms with Gasteiger partial charge in [-0.05, 0) is 86.0 Å². The van der Waals surface area contributed by atoms with E-state index in [4.69, 9.17) is 14.8 Å². The molecule has 0 amide bonds. The van der Waals surface area contributed by atoms with Gasteiger partial charge in [0.25, 0.3) is 0 Å². The minimum Gasteiger partial charge on any atom is -0.497 e. The van der Waals surface area contributed by atoms with Crippen LogP contribution in [0, 0.1) is 5.41 Å². The van der Waals surface area contributed by atoms with E-state index in [1.165, 1.54) is 30.5 Å². The highest BCUT2D eigenvalue weighted by molar-refractivity contribution is 5.90. The van der Waals surface area contributed by atoms with Gasteiger partial charge in [0.05, 0.1) is 12.7 Å². The number of rotatable bonds is 3. The molecule has 4 heterocycles. The Morgan fingerprint density at radius 1 is 1.03 bits per heavy atom. The lowest BCUT2D eigenvalue weighted by Crippen LogP contribution is -2.40. The first kappa shape index (κ1) is 19.4. The van der Waals surface area contributed by atoms with Gasteiger partial charge in [0.1, 0.15) is 11.4 Å². The van der Waals surface area contributed by atoms with Gasteiger partial charge in [0, 0.05) is 29.8 Å². The highest BCUT2D eigenvalue weighted by Gasteiger charge is 2.37. The van der Waals surface area contributed by atoms with Crippen LogP contribution in [0.4, 0.5) is 0 Å². The second-order valence-corrected chi connectivity index (χ2v) is 9.08. The summed E-state index contributed by atoms with van der Waals surface area (Å²) in [6.07, 6.45) is 11.6. The van der Waals surface area contributed by atoms with Gasteiger partial charge in [-0.25, -0.2) is 9.50 Å². The number of pyridine rings is 1. The molecule has 162 valence electrons. The van der Waals surface area contributed by atoms with Crippen molar-refractivity contribution in [1.82, 2.24) is 24.9 Å². The highest BCUT2D eigenvalue weighted by atomic mass is 16.5. The molecule has 0 saturated carbocycles. The van der Waals surface area contributed by atoms with Gasteiger partial charge in [-0.3, -0.25) is 4.98 Å². The van der Waals surface area contributed by atoms with Crippen LogP contribution in [0.25, 0.3) is 28.0 Å². The summed E-state index contributed by atoms with van der Waals surface area (Å²) in [5.74, 6) is 0.827. The van der Waals surface area contributed by atoms with E-state index in [1.54, 1.807) is 7.11 Å². The van der Waals surface area contributed by atoms with Crippen molar-refractivity contribution >= 4 is 5.65 Å². The number of piperidine rings is 1. The van der Waals surface area contributed by atoms with Crippen molar-refractivity contribution in [2.24, 2.45) is 5.41 Å². The number of benzene rings is 1. The summed E-state index contributed by atoms with van der Waals surface area (Å²) in [5, 5.41) is 8.65. The van der Waals surface area contributed by atoms with Crippen LogP contribution in [0.15, 0.2) is 55.0 Å². The molecule has 32 heavy (non-hydrogen) atoms. The minimum atomic E-state index is 0.421. The van der Waals surface area contributed by atoms with Crippen molar-refractivity contribution in [3.63, 3.8) is 0 Å². The van der Waals surface area contributed by atoms with E-state index in [0.717, 1.165) is 59.7 Å². The Kier molecular flexibility index (Phi) is 4.68. The van der Waals surface area contributed by atoms with Crippen LogP contribution >= 0.6 is 0 Å². The molecule has 4 aromatic rings. The van der Waals surface area contributed by atoms with Crippen LogP contribution in [-0.2, 0) is 12.8 Å². The SMILES string of the molecule is COc1cccc(-c2c(-c3ccncc3)nn3c4c(cnc23)CC2(CCNCC2)CC4)c1. The molecule has 1 fully saturated rings. The molecular formula is C26H27N5O. The van der Waals surface area contributed by atoms with Gasteiger partial charge in [0.15, 0.2) is 5.65 Å². The summed E-state index contributed by atoms with van der Waals surface area (Å²) >= 11 is 0. The summed E-state index contributed by atoms with van der Waals surface area (Å²) in [6, 6.07) is 12.2. The lowest BCUT2D eigenvalue weighted by Gasteiger charge is -2.41. The molecule has 2 aliphatic rings. The average Bonchev–Trinajstić information content (AvgIpc) is 3.25. The van der Waals surface area contributed by atoms with Crippen molar-refractivity contribution in [2.45, 2.75) is 32.1 Å². The Balaban J connectivity index is 1.54. The number of nitrogens with zero attached hydrogens (tertiary/aromatic N) is 4. The van der Waals surface area contributed by atoms with E-state index in [0.29, 0.717) is 5.41 Å². The first-order valence-electron chi connectivity index (χ1n) is 11.4. The van der Waals surface area contributed by atoms with Crippen LogP contribution in [0.2, 0.25) is 0 Å². The maximum absolute atomic E-state index is 5.50. The molecule has 1 aliphatic carbocycles. The number of ether oxygens (including phenoxy) is 1. The van der Waals surface area contributed by atoms with Crippen LogP contribution in [0.5, 0.6) is 5.75 Å². The van der Waals surface area contributed by atoms with E-state index in [1.807, 2.05) is 36.7 Å². The van der Waals surface area contributed by atoms with E-state index < -0.39 is 0 Å². The maximum Gasteiger partial charge on any atom is 0.163 e. The van der Waals surface area contributed by atoms with Crippen LogP contribution < -0.4 is 10.1 Å². The fourth-order valence-electron chi connectivity index (χ4n) is 5.50. The largest absolute Gasteiger partial charge is 0.497 e. The van der Waals surface area contributed by atoms with Crippen molar-refractivity contribution in [1.29, 1.82) is 0 Å². The first-order valence-corrected chi connectivity index (χ1v) is 11.4. The van der Waals surface area contributed by atoms with E-state index in [2.05, 4.69) is 33.1 Å². The normalized spacial score (nSPS) is 17.4. The molecule has 1 saturated heterocycles. The first-order chi connectivity index (χ1) is 15.8. The Morgan fingerprint density at radius 3 is 2.69 bits per heavy atom. The lowest BCUT2D eigenvalue weighted by atomic mass is 9.68. The third kappa shape index (κ3) is 3.17. The van der Waals surface area contributed by atoms with Gasteiger partial charge in [-0.2, -0.15) is 5.10 Å². The van der Waals surface area contributed by atoms with Crippen LogP contribution in [0.1, 0.15) is 30.5 Å². The van der Waals surface area contributed by atoms with Crippen molar-refractivity contribution in [3.05, 3.63) is 66.2 Å². The summed E-state index contributed by atoms with van der Waals surface area (Å²) < 4.78 is 7.61. The van der Waals surface area contributed by atoms with Gasteiger partial charge in [0.2, 0.25) is 0 Å². The molecule has 0 atom stereocenters. The third-order valence-corrected chi connectivity index (χ3v) is 7.26.